The molecular weight excluding hydrogens is 374 g/mol. The van der Waals surface area contributed by atoms with Crippen LogP contribution in [0.2, 0.25) is 5.02 Å². The molecule has 0 aliphatic heterocycles. The minimum absolute atomic E-state index is 0.0296. The molecule has 8 heteroatoms. The number of fused-ring (bicyclic) bond motifs is 3. The second-order valence-electron chi connectivity index (χ2n) is 6.81. The number of amides is 1. The van der Waals surface area contributed by atoms with Gasteiger partial charge in [-0.15, -0.1) is 0 Å². The van der Waals surface area contributed by atoms with Crippen molar-refractivity contribution >= 4 is 35.2 Å². The minimum atomic E-state index is -1.15. The molecule has 1 aromatic rings. The zero-order valence-corrected chi connectivity index (χ0v) is 14.6. The van der Waals surface area contributed by atoms with Crippen molar-refractivity contribution in [2.24, 2.45) is 17.6 Å². The molecule has 0 radical (unpaired) electrons. The number of aliphatic hydroxyl groups is 2. The van der Waals surface area contributed by atoms with Crippen molar-refractivity contribution in [1.29, 1.82) is 0 Å². The summed E-state index contributed by atoms with van der Waals surface area (Å²) in [4.78, 5) is 37.1. The normalized spacial score (nSPS) is 24.3. The highest BCUT2D eigenvalue weighted by Gasteiger charge is 2.48. The van der Waals surface area contributed by atoms with E-state index >= 15 is 0 Å². The van der Waals surface area contributed by atoms with Gasteiger partial charge in [0, 0.05) is 17.0 Å². The second-order valence-corrected chi connectivity index (χ2v) is 7.22. The Bertz CT molecular complexity index is 1050. The topological polar surface area (TPSA) is 138 Å². The Labute approximate surface area is 158 Å². The molecule has 0 saturated carbocycles. The molecule has 3 aliphatic rings. The number of phenols is 1. The number of benzene rings is 1. The fourth-order valence-electron chi connectivity index (χ4n) is 4.14. The first-order valence-corrected chi connectivity index (χ1v) is 8.56. The van der Waals surface area contributed by atoms with Gasteiger partial charge in [0.25, 0.3) is 5.91 Å². The fraction of sp³-hybridized carbons (Fsp3) is 0.211. The van der Waals surface area contributed by atoms with Crippen LogP contribution in [-0.2, 0) is 9.59 Å². The van der Waals surface area contributed by atoms with Crippen LogP contribution in [0.1, 0.15) is 28.8 Å². The van der Waals surface area contributed by atoms with Crippen LogP contribution in [0.5, 0.6) is 5.75 Å². The molecular formula is C19H14ClNO6. The van der Waals surface area contributed by atoms with Gasteiger partial charge < -0.3 is 21.1 Å². The highest BCUT2D eigenvalue weighted by molar-refractivity contribution is 6.34. The first-order valence-electron chi connectivity index (χ1n) is 8.18. The summed E-state index contributed by atoms with van der Waals surface area (Å²) in [6.45, 7) is 0. The van der Waals surface area contributed by atoms with Gasteiger partial charge in [0.2, 0.25) is 5.78 Å². The van der Waals surface area contributed by atoms with Crippen LogP contribution in [0, 0.1) is 11.8 Å². The van der Waals surface area contributed by atoms with E-state index in [2.05, 4.69) is 0 Å². The lowest BCUT2D eigenvalue weighted by atomic mass is 9.66. The second kappa shape index (κ2) is 5.72. The zero-order valence-electron chi connectivity index (χ0n) is 13.8. The van der Waals surface area contributed by atoms with Gasteiger partial charge in [0.15, 0.2) is 5.78 Å². The van der Waals surface area contributed by atoms with Gasteiger partial charge in [-0.3, -0.25) is 14.4 Å². The smallest absolute Gasteiger partial charge is 0.255 e. The number of aliphatic hydroxyl groups excluding tert-OH is 2. The van der Waals surface area contributed by atoms with Crippen molar-refractivity contribution in [1.82, 2.24) is 0 Å². The number of carbonyl (C=O) groups excluding carboxylic acids is 3. The lowest BCUT2D eigenvalue weighted by Gasteiger charge is -2.37. The van der Waals surface area contributed by atoms with Crippen LogP contribution in [-0.4, -0.2) is 32.8 Å². The van der Waals surface area contributed by atoms with E-state index in [1.165, 1.54) is 12.1 Å². The molecule has 2 atom stereocenters. The van der Waals surface area contributed by atoms with E-state index < -0.39 is 46.4 Å². The van der Waals surface area contributed by atoms with E-state index in [1.54, 1.807) is 6.08 Å². The number of ketones is 2. The van der Waals surface area contributed by atoms with Crippen LogP contribution in [0.3, 0.4) is 0 Å². The zero-order chi connectivity index (χ0) is 19.6. The van der Waals surface area contributed by atoms with Gasteiger partial charge >= 0.3 is 0 Å². The molecule has 0 saturated heterocycles. The highest BCUT2D eigenvalue weighted by Crippen LogP contribution is 2.49. The first kappa shape index (κ1) is 17.4. The maximum Gasteiger partial charge on any atom is 0.255 e. The van der Waals surface area contributed by atoms with Gasteiger partial charge in [0.05, 0.1) is 17.1 Å². The number of halogens is 1. The minimum Gasteiger partial charge on any atom is -0.511 e. The molecule has 0 spiro atoms. The average molecular weight is 388 g/mol. The number of nitrogens with two attached hydrogens (primary N) is 1. The van der Waals surface area contributed by atoms with Crippen molar-refractivity contribution in [2.75, 3.05) is 0 Å². The van der Waals surface area contributed by atoms with Crippen molar-refractivity contribution in [3.8, 4) is 5.75 Å². The van der Waals surface area contributed by atoms with Gasteiger partial charge in [-0.25, -0.2) is 0 Å². The van der Waals surface area contributed by atoms with Crippen LogP contribution in [0.15, 0.2) is 40.4 Å². The maximum atomic E-state index is 13.0. The van der Waals surface area contributed by atoms with Crippen molar-refractivity contribution in [3.05, 3.63) is 56.5 Å². The van der Waals surface area contributed by atoms with Crippen molar-refractivity contribution < 1.29 is 29.7 Å². The molecule has 1 amide bonds. The number of rotatable bonds is 1. The number of aromatic hydroxyl groups is 1. The number of Topliss-reactive ketones (excluding diaryl/α,β-unsaturated/α-hetero) is 2. The van der Waals surface area contributed by atoms with Gasteiger partial charge in [0.1, 0.15) is 22.8 Å². The molecule has 0 aromatic heterocycles. The number of carbonyl (C=O) groups is 3. The Kier molecular flexibility index (Phi) is 3.68. The molecule has 3 aliphatic carbocycles. The molecule has 27 heavy (non-hydrogen) atoms. The number of allylic oxidation sites excluding steroid dienone is 4. The van der Waals surface area contributed by atoms with Gasteiger partial charge in [-0.05, 0) is 36.1 Å². The predicted molar refractivity (Wildman–Crippen MR) is 95.1 cm³/mol. The molecule has 5 N–H and O–H groups in total. The van der Waals surface area contributed by atoms with Crippen molar-refractivity contribution in [2.45, 2.75) is 12.8 Å². The molecule has 2 unspecified atom stereocenters. The largest absolute Gasteiger partial charge is 0.511 e. The average Bonchev–Trinajstić information content (AvgIpc) is 2.57. The number of hydrogen-bond acceptors (Lipinski definition) is 6. The Morgan fingerprint density at radius 3 is 2.52 bits per heavy atom. The molecule has 0 bridgehead atoms. The van der Waals surface area contributed by atoms with Crippen LogP contribution >= 0.6 is 11.6 Å². The SMILES string of the molecule is NC(=O)C1=C(O)CC2CC3=Cc4c(Cl)ccc(O)c4C(=O)C3=C(O)C2C1=O. The Hall–Kier alpha value is -3.06. The summed E-state index contributed by atoms with van der Waals surface area (Å²) in [5.74, 6) is -5.40. The Morgan fingerprint density at radius 1 is 1.15 bits per heavy atom. The van der Waals surface area contributed by atoms with Gasteiger partial charge in [-0.2, -0.15) is 0 Å². The fourth-order valence-corrected chi connectivity index (χ4v) is 4.35. The third kappa shape index (κ3) is 2.31. The van der Waals surface area contributed by atoms with Crippen LogP contribution < -0.4 is 5.73 Å². The lowest BCUT2D eigenvalue weighted by molar-refractivity contribution is -0.125. The van der Waals surface area contributed by atoms with Crippen LogP contribution in [0.4, 0.5) is 0 Å². The van der Waals surface area contributed by atoms with Crippen LogP contribution in [0.25, 0.3) is 6.08 Å². The summed E-state index contributed by atoms with van der Waals surface area (Å²) in [7, 11) is 0. The summed E-state index contributed by atoms with van der Waals surface area (Å²) in [6.07, 6.45) is 1.77. The third-order valence-corrected chi connectivity index (χ3v) is 5.62. The maximum absolute atomic E-state index is 13.0. The molecule has 138 valence electrons. The lowest BCUT2D eigenvalue weighted by Crippen LogP contribution is -2.40. The monoisotopic (exact) mass is 387 g/mol. The number of hydrogen-bond donors (Lipinski definition) is 4. The molecule has 0 fully saturated rings. The summed E-state index contributed by atoms with van der Waals surface area (Å²) in [5.41, 5.74) is 5.29. The molecule has 1 aromatic carbocycles. The Morgan fingerprint density at radius 2 is 1.85 bits per heavy atom. The van der Waals surface area contributed by atoms with E-state index in [0.717, 1.165) is 0 Å². The molecule has 0 heterocycles. The van der Waals surface area contributed by atoms with E-state index in [9.17, 15) is 29.7 Å². The van der Waals surface area contributed by atoms with Crippen molar-refractivity contribution in [3.63, 3.8) is 0 Å². The van der Waals surface area contributed by atoms with E-state index in [4.69, 9.17) is 17.3 Å². The number of phenolic OH excluding ortho intramolecular Hbond substituents is 1. The summed E-state index contributed by atoms with van der Waals surface area (Å²) in [5, 5.41) is 31.1. The Balaban J connectivity index is 1.92. The van der Waals surface area contributed by atoms with E-state index in [1.807, 2.05) is 0 Å². The third-order valence-electron chi connectivity index (χ3n) is 5.29. The summed E-state index contributed by atoms with van der Waals surface area (Å²) in [6, 6.07) is 2.73. The summed E-state index contributed by atoms with van der Waals surface area (Å²) >= 11 is 6.15. The predicted octanol–water partition coefficient (Wildman–Crippen LogP) is 2.34. The van der Waals surface area contributed by atoms with Gasteiger partial charge in [-0.1, -0.05) is 11.6 Å². The number of primary amides is 1. The quantitative estimate of drug-likeness (QED) is 0.545. The molecule has 4 rings (SSSR count). The van der Waals surface area contributed by atoms with E-state index in [-0.39, 0.29) is 34.8 Å². The standard InChI is InChI=1S/C19H14ClNO6/c20-9-1-2-10(22)14-8(9)4-6-3-7-5-11(23)15(19(21)27)18(26)13(7)16(24)12(6)17(14)25/h1-2,4,7,13,22-24H,3,5H2,(H2,21,27). The first-order chi connectivity index (χ1) is 12.7. The summed E-state index contributed by atoms with van der Waals surface area (Å²) < 4.78 is 0. The van der Waals surface area contributed by atoms with E-state index in [0.29, 0.717) is 11.1 Å². The molecule has 7 nitrogen and oxygen atoms in total. The highest BCUT2D eigenvalue weighted by atomic mass is 35.5.